The number of aliphatic imine (C=N–C) groups is 1. The van der Waals surface area contributed by atoms with Gasteiger partial charge in [0.05, 0.1) is 5.71 Å². The molecule has 0 bridgehead atoms. The third kappa shape index (κ3) is 3.13. The van der Waals surface area contributed by atoms with Crippen LogP contribution in [0.15, 0.2) is 71.7 Å². The highest BCUT2D eigenvalue weighted by molar-refractivity contribution is 6.04. The molecule has 3 aromatic carbocycles. The van der Waals surface area contributed by atoms with Gasteiger partial charge in [0.15, 0.2) is 0 Å². The smallest absolute Gasteiger partial charge is 0.145 e. The van der Waals surface area contributed by atoms with Crippen molar-refractivity contribution in [2.75, 3.05) is 19.0 Å². The average molecular weight is 328 g/mol. The Morgan fingerprint density at radius 3 is 2.48 bits per heavy atom. The molecule has 0 radical (unpaired) electrons. The summed E-state index contributed by atoms with van der Waals surface area (Å²) in [7, 11) is 1.93. The minimum Gasteiger partial charge on any atom is -0.485 e. The van der Waals surface area contributed by atoms with Crippen molar-refractivity contribution >= 4 is 17.1 Å². The molecule has 3 aromatic rings. The van der Waals surface area contributed by atoms with Crippen molar-refractivity contribution in [1.29, 1.82) is 0 Å². The van der Waals surface area contributed by atoms with E-state index in [1.54, 1.807) is 0 Å². The van der Waals surface area contributed by atoms with E-state index in [0.29, 0.717) is 6.61 Å². The van der Waals surface area contributed by atoms with Crippen LogP contribution in [0.5, 0.6) is 5.75 Å². The molecular formula is C22H20N2O. The average Bonchev–Trinajstić information content (AvgIpc) is 2.67. The molecule has 3 nitrogen and oxygen atoms in total. The third-order valence-electron chi connectivity index (χ3n) is 4.44. The summed E-state index contributed by atoms with van der Waals surface area (Å²) < 4.78 is 5.85. The van der Waals surface area contributed by atoms with Gasteiger partial charge < -0.3 is 10.1 Å². The Labute approximate surface area is 148 Å². The molecule has 1 N–H and O–H groups in total. The molecular weight excluding hydrogens is 308 g/mol. The Kier molecular flexibility index (Phi) is 3.98. The minimum absolute atomic E-state index is 0.505. The monoisotopic (exact) mass is 328 g/mol. The van der Waals surface area contributed by atoms with Crippen molar-refractivity contribution in [3.05, 3.63) is 77.9 Å². The highest BCUT2D eigenvalue weighted by Crippen LogP contribution is 2.32. The first-order chi connectivity index (χ1) is 12.2. The Balaban J connectivity index is 1.64. The maximum atomic E-state index is 5.85. The zero-order chi connectivity index (χ0) is 17.2. The van der Waals surface area contributed by atoms with Crippen molar-refractivity contribution in [2.45, 2.75) is 6.92 Å². The first kappa shape index (κ1) is 15.5. The first-order valence-corrected chi connectivity index (χ1v) is 8.42. The van der Waals surface area contributed by atoms with Gasteiger partial charge in [-0.3, -0.25) is 0 Å². The fourth-order valence-electron chi connectivity index (χ4n) is 3.02. The van der Waals surface area contributed by atoms with E-state index in [-0.39, 0.29) is 0 Å². The van der Waals surface area contributed by atoms with Crippen LogP contribution in [0.2, 0.25) is 0 Å². The molecule has 0 unspecified atom stereocenters. The predicted molar refractivity (Wildman–Crippen MR) is 104 cm³/mol. The van der Waals surface area contributed by atoms with Crippen LogP contribution in [0.4, 0.5) is 11.4 Å². The van der Waals surface area contributed by atoms with Crippen molar-refractivity contribution in [3.8, 4) is 16.9 Å². The number of rotatable bonds is 3. The molecule has 25 heavy (non-hydrogen) atoms. The van der Waals surface area contributed by atoms with E-state index in [4.69, 9.17) is 9.73 Å². The fourth-order valence-corrected chi connectivity index (χ4v) is 3.02. The Hall–Kier alpha value is -3.07. The molecule has 3 heteroatoms. The molecule has 0 amide bonds. The lowest BCUT2D eigenvalue weighted by Gasteiger charge is -2.17. The van der Waals surface area contributed by atoms with E-state index in [2.05, 4.69) is 66.8 Å². The third-order valence-corrected chi connectivity index (χ3v) is 4.44. The number of nitrogens with zero attached hydrogens (tertiary/aromatic N) is 1. The van der Waals surface area contributed by atoms with Crippen LogP contribution in [0.25, 0.3) is 11.1 Å². The second-order valence-electron chi connectivity index (χ2n) is 6.23. The number of fused-ring (bicyclic) bond motifs is 1. The molecule has 4 rings (SSSR count). The minimum atomic E-state index is 0.505. The summed E-state index contributed by atoms with van der Waals surface area (Å²) in [5.41, 5.74) is 7.66. The van der Waals surface area contributed by atoms with Crippen LogP contribution in [0.1, 0.15) is 11.1 Å². The van der Waals surface area contributed by atoms with Gasteiger partial charge >= 0.3 is 0 Å². The second kappa shape index (κ2) is 6.44. The number of benzene rings is 3. The molecule has 0 atom stereocenters. The Morgan fingerprint density at radius 1 is 0.880 bits per heavy atom. The summed E-state index contributed by atoms with van der Waals surface area (Å²) in [6, 6.07) is 23.0. The van der Waals surface area contributed by atoms with Gasteiger partial charge in [-0.1, -0.05) is 42.5 Å². The van der Waals surface area contributed by atoms with Crippen LogP contribution in [-0.4, -0.2) is 19.4 Å². The van der Waals surface area contributed by atoms with Crippen LogP contribution >= 0.6 is 0 Å². The maximum Gasteiger partial charge on any atom is 0.145 e. The van der Waals surface area contributed by atoms with Gasteiger partial charge in [-0.15, -0.1) is 0 Å². The number of aryl methyl sites for hydroxylation is 1. The molecule has 1 aliphatic heterocycles. The van der Waals surface area contributed by atoms with E-state index in [1.807, 2.05) is 19.2 Å². The highest BCUT2D eigenvalue weighted by Gasteiger charge is 2.14. The van der Waals surface area contributed by atoms with Crippen LogP contribution < -0.4 is 10.1 Å². The van der Waals surface area contributed by atoms with Gasteiger partial charge in [0.2, 0.25) is 0 Å². The Bertz CT molecular complexity index is 942. The lowest BCUT2D eigenvalue weighted by atomic mass is 10.0. The maximum absolute atomic E-state index is 5.85. The van der Waals surface area contributed by atoms with E-state index < -0.39 is 0 Å². The summed E-state index contributed by atoms with van der Waals surface area (Å²) in [6.07, 6.45) is 0. The number of ether oxygens (including phenoxy) is 1. The molecule has 0 spiro atoms. The van der Waals surface area contributed by atoms with Gasteiger partial charge in [-0.2, -0.15) is 0 Å². The molecule has 0 aliphatic carbocycles. The van der Waals surface area contributed by atoms with Crippen molar-refractivity contribution in [2.24, 2.45) is 4.99 Å². The van der Waals surface area contributed by atoms with Crippen LogP contribution in [0, 0.1) is 6.92 Å². The summed E-state index contributed by atoms with van der Waals surface area (Å²) in [5.74, 6) is 0.856. The topological polar surface area (TPSA) is 33.6 Å². The zero-order valence-corrected chi connectivity index (χ0v) is 14.4. The highest BCUT2D eigenvalue weighted by atomic mass is 16.5. The molecule has 1 aliphatic rings. The number of nitrogens with one attached hydrogen (secondary N) is 1. The van der Waals surface area contributed by atoms with E-state index in [0.717, 1.165) is 28.4 Å². The van der Waals surface area contributed by atoms with E-state index in [1.165, 1.54) is 16.7 Å². The van der Waals surface area contributed by atoms with Crippen LogP contribution in [-0.2, 0) is 0 Å². The second-order valence-corrected chi connectivity index (χ2v) is 6.23. The van der Waals surface area contributed by atoms with Crippen molar-refractivity contribution < 1.29 is 4.74 Å². The molecule has 1 heterocycles. The largest absolute Gasteiger partial charge is 0.485 e. The summed E-state index contributed by atoms with van der Waals surface area (Å²) >= 11 is 0. The Morgan fingerprint density at radius 2 is 1.68 bits per heavy atom. The zero-order valence-electron chi connectivity index (χ0n) is 14.4. The van der Waals surface area contributed by atoms with E-state index >= 15 is 0 Å². The number of hydrogen-bond acceptors (Lipinski definition) is 3. The lowest BCUT2D eigenvalue weighted by Crippen LogP contribution is -2.16. The van der Waals surface area contributed by atoms with Crippen LogP contribution in [0.3, 0.4) is 0 Å². The van der Waals surface area contributed by atoms with Gasteiger partial charge in [0.25, 0.3) is 0 Å². The van der Waals surface area contributed by atoms with Crippen molar-refractivity contribution in [3.63, 3.8) is 0 Å². The normalized spacial score (nSPS) is 12.8. The molecule has 0 aromatic heterocycles. The quantitative estimate of drug-likeness (QED) is 0.715. The number of anilines is 1. The van der Waals surface area contributed by atoms with Gasteiger partial charge in [-0.25, -0.2) is 4.99 Å². The molecule has 0 fully saturated rings. The fraction of sp³-hybridized carbons (Fsp3) is 0.136. The van der Waals surface area contributed by atoms with Gasteiger partial charge in [0, 0.05) is 12.7 Å². The summed E-state index contributed by atoms with van der Waals surface area (Å²) in [4.78, 5) is 4.79. The molecule has 124 valence electrons. The standard InChI is InChI=1S/C22H20N2O/c1-15-6-11-22-20(12-15)24-21(14-25-22)17-9-7-16(8-10-17)18-4-3-5-19(13-18)23-2/h3-13,23H,14H2,1-2H3. The summed E-state index contributed by atoms with van der Waals surface area (Å²) in [5, 5.41) is 3.18. The van der Waals surface area contributed by atoms with Crippen molar-refractivity contribution in [1.82, 2.24) is 0 Å². The summed E-state index contributed by atoms with van der Waals surface area (Å²) in [6.45, 7) is 2.57. The van der Waals surface area contributed by atoms with Gasteiger partial charge in [0.1, 0.15) is 18.0 Å². The van der Waals surface area contributed by atoms with Gasteiger partial charge in [-0.05, 0) is 53.4 Å². The lowest BCUT2D eigenvalue weighted by molar-refractivity contribution is 0.373. The SMILES string of the molecule is CNc1cccc(-c2ccc(C3=Nc4cc(C)ccc4OC3)cc2)c1. The van der Waals surface area contributed by atoms with E-state index in [9.17, 15) is 0 Å². The molecule has 0 saturated carbocycles. The number of hydrogen-bond donors (Lipinski definition) is 1. The predicted octanol–water partition coefficient (Wildman–Crippen LogP) is 5.22. The molecule has 0 saturated heterocycles. The first-order valence-electron chi connectivity index (χ1n) is 8.42.